The molecule has 0 spiro atoms. The lowest BCUT2D eigenvalue weighted by atomic mass is 10.1. The van der Waals surface area contributed by atoms with E-state index in [1.54, 1.807) is 68.9 Å². The minimum absolute atomic E-state index is 0.176. The molecule has 2 saturated heterocycles. The predicted octanol–water partition coefficient (Wildman–Crippen LogP) is 2.90. The average molecular weight is 868 g/mol. The van der Waals surface area contributed by atoms with Crippen LogP contribution in [0.15, 0.2) is 72.3 Å². The summed E-state index contributed by atoms with van der Waals surface area (Å²) in [5, 5.41) is 35.9. The molecule has 1 aliphatic carbocycles. The number of halogens is 1. The normalized spacial score (nSPS) is 19.0. The zero-order valence-corrected chi connectivity index (χ0v) is 35.2. The number of nitrogens with zero attached hydrogens (tertiary/aromatic N) is 10. The van der Waals surface area contributed by atoms with Crippen molar-refractivity contribution in [2.24, 2.45) is 5.92 Å². The van der Waals surface area contributed by atoms with Crippen molar-refractivity contribution in [3.63, 3.8) is 0 Å². The van der Waals surface area contributed by atoms with E-state index in [2.05, 4.69) is 46.0 Å². The van der Waals surface area contributed by atoms with E-state index in [0.29, 0.717) is 46.5 Å². The Kier molecular flexibility index (Phi) is 9.47. The zero-order chi connectivity index (χ0) is 43.9. The van der Waals surface area contributed by atoms with E-state index in [1.807, 2.05) is 24.5 Å². The Morgan fingerprint density at radius 2 is 1.33 bits per heavy atom. The highest BCUT2D eigenvalue weighted by Gasteiger charge is 2.53. The SMILES string of the molecule is Cc1cn2cc(NC(=O)c3ccc(N4CCNCC4)c4cn(CC5(O)CC5Cn5cc6c(N7CCNCC7)ccc(C(=O)Nc7cn8cc(C)nc8c(=O)[nH]7)c6n5)nc34)cc(F)c2n1. The molecular weight excluding hydrogens is 822 g/mol. The van der Waals surface area contributed by atoms with Crippen LogP contribution in [-0.2, 0) is 13.1 Å². The molecule has 19 nitrogen and oxygen atoms in total. The van der Waals surface area contributed by atoms with Crippen molar-refractivity contribution < 1.29 is 19.1 Å². The maximum absolute atomic E-state index is 15.0. The fourth-order valence-corrected chi connectivity index (χ4v) is 9.32. The first kappa shape index (κ1) is 39.7. The summed E-state index contributed by atoms with van der Waals surface area (Å²) in [7, 11) is 0. The van der Waals surface area contributed by atoms with Crippen molar-refractivity contribution in [1.82, 2.24) is 53.9 Å². The minimum Gasteiger partial charge on any atom is -0.388 e. The number of aryl methyl sites for hydroxylation is 2. The van der Waals surface area contributed by atoms with Gasteiger partial charge in [-0.3, -0.25) is 28.1 Å². The first-order valence-corrected chi connectivity index (χ1v) is 21.5. The number of anilines is 4. The number of hydrogen-bond acceptors (Lipinski definition) is 12. The van der Waals surface area contributed by atoms with E-state index < -0.39 is 28.8 Å². The monoisotopic (exact) mass is 867 g/mol. The molecule has 0 bridgehead atoms. The van der Waals surface area contributed by atoms with Gasteiger partial charge in [-0.2, -0.15) is 10.2 Å². The largest absolute Gasteiger partial charge is 0.388 e. The van der Waals surface area contributed by atoms with Crippen molar-refractivity contribution in [3.8, 4) is 0 Å². The number of fused-ring (bicyclic) bond motifs is 4. The van der Waals surface area contributed by atoms with Crippen LogP contribution in [-0.4, -0.2) is 118 Å². The number of hydrogen-bond donors (Lipinski definition) is 6. The highest BCUT2D eigenvalue weighted by molar-refractivity contribution is 6.14. The number of aromatic amines is 1. The van der Waals surface area contributed by atoms with Crippen LogP contribution in [0.5, 0.6) is 0 Å². The predicted molar refractivity (Wildman–Crippen MR) is 239 cm³/mol. The number of H-pyrrole nitrogens is 1. The third kappa shape index (κ3) is 7.18. The smallest absolute Gasteiger partial charge is 0.293 e. The number of pyridine rings is 1. The summed E-state index contributed by atoms with van der Waals surface area (Å²) >= 11 is 0. The van der Waals surface area contributed by atoms with Crippen molar-refractivity contribution in [2.45, 2.75) is 39.0 Å². The topological polar surface area (TPSA) is 212 Å². The van der Waals surface area contributed by atoms with Crippen molar-refractivity contribution >= 4 is 67.8 Å². The van der Waals surface area contributed by atoms with Gasteiger partial charge < -0.3 is 45.6 Å². The first-order chi connectivity index (χ1) is 31.0. The third-order valence-corrected chi connectivity index (χ3v) is 12.6. The lowest BCUT2D eigenvalue weighted by Crippen LogP contribution is -2.43. The maximum atomic E-state index is 15.0. The van der Waals surface area contributed by atoms with Gasteiger partial charge in [0.2, 0.25) is 5.65 Å². The van der Waals surface area contributed by atoms with Crippen LogP contribution < -0.4 is 36.6 Å². The standard InChI is InChI=1S/C44H46FN15O4/c1-25-17-57-20-28(15-33(45)39(57)48-25)50-41(61)29-3-5-35(56-13-9-47-10-14-56)32-22-60(54-38(29)32)24-44(64)16-27(44)19-59-21-31-34(55-11-7-46-8-12-55)6-4-30(37(31)53-59)42(62)51-36-23-58-18-26(2)49-40(58)43(63)52-36/h3-6,15,17-18,20-23,27,46-47,64H,7-14,16,19,24H2,1-2H3,(H,50,61)(H,51,62)(H,52,63). The Hall–Kier alpha value is -7.16. The number of aliphatic hydroxyl groups is 1. The molecule has 2 atom stereocenters. The molecule has 328 valence electrons. The fraction of sp³-hybridized carbons (Fsp3) is 0.341. The third-order valence-electron chi connectivity index (χ3n) is 12.6. The summed E-state index contributed by atoms with van der Waals surface area (Å²) in [5.74, 6) is -1.39. The second-order valence-electron chi connectivity index (χ2n) is 17.2. The molecule has 8 heterocycles. The van der Waals surface area contributed by atoms with Crippen LogP contribution in [0.25, 0.3) is 33.1 Å². The second kappa shape index (κ2) is 15.3. The molecule has 2 amide bonds. The summed E-state index contributed by atoms with van der Waals surface area (Å²) in [6.45, 7) is 10.5. The zero-order valence-electron chi connectivity index (χ0n) is 35.2. The van der Waals surface area contributed by atoms with Crippen LogP contribution >= 0.6 is 0 Å². The van der Waals surface area contributed by atoms with Crippen LogP contribution in [0.4, 0.5) is 27.3 Å². The highest BCUT2D eigenvalue weighted by atomic mass is 19.1. The summed E-state index contributed by atoms with van der Waals surface area (Å²) < 4.78 is 21.6. The summed E-state index contributed by atoms with van der Waals surface area (Å²) in [6.07, 6.45) is 11.0. The van der Waals surface area contributed by atoms with Gasteiger partial charge in [0.1, 0.15) is 16.9 Å². The van der Waals surface area contributed by atoms with Gasteiger partial charge in [0.25, 0.3) is 17.4 Å². The highest BCUT2D eigenvalue weighted by Crippen LogP contribution is 2.46. The Morgan fingerprint density at radius 1 is 0.766 bits per heavy atom. The number of nitrogens with one attached hydrogen (secondary N) is 5. The molecule has 2 unspecified atom stereocenters. The Bertz CT molecular complexity index is 3230. The Morgan fingerprint density at radius 3 is 1.97 bits per heavy atom. The number of imidazole rings is 2. The van der Waals surface area contributed by atoms with Gasteiger partial charge in [0, 0.05) is 124 Å². The van der Waals surface area contributed by atoms with Gasteiger partial charge in [0.15, 0.2) is 11.5 Å². The van der Waals surface area contributed by atoms with Crippen molar-refractivity contribution in [2.75, 3.05) is 72.8 Å². The molecule has 2 aromatic carbocycles. The Labute approximate surface area is 363 Å². The number of amides is 2. The molecule has 8 aromatic rings. The molecule has 6 aromatic heterocycles. The molecule has 64 heavy (non-hydrogen) atoms. The lowest BCUT2D eigenvalue weighted by molar-refractivity contribution is 0.101. The van der Waals surface area contributed by atoms with E-state index in [4.69, 9.17) is 10.2 Å². The van der Waals surface area contributed by atoms with Crippen LogP contribution in [0.3, 0.4) is 0 Å². The number of rotatable bonds is 10. The van der Waals surface area contributed by atoms with E-state index in [-0.39, 0.29) is 35.3 Å². The van der Waals surface area contributed by atoms with Crippen LogP contribution in [0.1, 0.15) is 38.5 Å². The molecule has 1 saturated carbocycles. The quantitative estimate of drug-likeness (QED) is 0.117. The molecule has 11 rings (SSSR count). The number of benzene rings is 2. The van der Waals surface area contributed by atoms with Crippen LogP contribution in [0, 0.1) is 25.6 Å². The van der Waals surface area contributed by atoms with Crippen molar-refractivity contribution in [3.05, 3.63) is 106 Å². The first-order valence-electron chi connectivity index (χ1n) is 21.5. The molecular formula is C44H46FN15O4. The summed E-state index contributed by atoms with van der Waals surface area (Å²) in [5.41, 5.74) is 4.02. The maximum Gasteiger partial charge on any atom is 0.293 e. The molecule has 3 aliphatic rings. The van der Waals surface area contributed by atoms with Crippen LogP contribution in [0.2, 0.25) is 0 Å². The summed E-state index contributed by atoms with van der Waals surface area (Å²) in [4.78, 5) is 56.3. The second-order valence-corrected chi connectivity index (χ2v) is 17.2. The Balaban J connectivity index is 0.871. The summed E-state index contributed by atoms with van der Waals surface area (Å²) in [6, 6.07) is 8.64. The lowest BCUT2D eigenvalue weighted by Gasteiger charge is -2.30. The molecule has 0 radical (unpaired) electrons. The molecule has 6 N–H and O–H groups in total. The molecule has 2 aliphatic heterocycles. The average Bonchev–Trinajstić information content (AvgIpc) is 3.82. The number of carbonyl (C=O) groups is 2. The number of aromatic nitrogens is 9. The molecule has 20 heteroatoms. The van der Waals surface area contributed by atoms with Crippen molar-refractivity contribution in [1.29, 1.82) is 0 Å². The number of piperazine rings is 2. The van der Waals surface area contributed by atoms with E-state index >= 15 is 0 Å². The van der Waals surface area contributed by atoms with Gasteiger partial charge in [0.05, 0.1) is 46.5 Å². The van der Waals surface area contributed by atoms with Gasteiger partial charge in [-0.05, 0) is 44.5 Å². The van der Waals surface area contributed by atoms with E-state index in [1.165, 1.54) is 6.07 Å². The van der Waals surface area contributed by atoms with Gasteiger partial charge >= 0.3 is 0 Å². The fourth-order valence-electron chi connectivity index (χ4n) is 9.32. The van der Waals surface area contributed by atoms with Gasteiger partial charge in [-0.25, -0.2) is 14.4 Å². The van der Waals surface area contributed by atoms with E-state index in [0.717, 1.165) is 74.5 Å². The molecule has 3 fully saturated rings. The minimum atomic E-state index is -1.12. The van der Waals surface area contributed by atoms with E-state index in [9.17, 15) is 23.9 Å². The number of carbonyl (C=O) groups excluding carboxylic acids is 2. The van der Waals surface area contributed by atoms with Gasteiger partial charge in [-0.1, -0.05) is 0 Å². The van der Waals surface area contributed by atoms with Gasteiger partial charge in [-0.15, -0.1) is 0 Å².